The maximum atomic E-state index is 5.71. The first-order valence-corrected chi connectivity index (χ1v) is 7.89. The van der Waals surface area contributed by atoms with Gasteiger partial charge >= 0.3 is 0 Å². The van der Waals surface area contributed by atoms with Crippen molar-refractivity contribution in [2.75, 3.05) is 23.8 Å². The predicted molar refractivity (Wildman–Crippen MR) is 87.1 cm³/mol. The quantitative estimate of drug-likeness (QED) is 0.872. The highest BCUT2D eigenvalue weighted by molar-refractivity contribution is 5.58. The Morgan fingerprint density at radius 3 is 2.52 bits per heavy atom. The summed E-state index contributed by atoms with van der Waals surface area (Å²) in [6.45, 7) is 14.4. The van der Waals surface area contributed by atoms with Gasteiger partial charge in [-0.25, -0.2) is 9.97 Å². The smallest absolute Gasteiger partial charge is 0.135 e. The maximum Gasteiger partial charge on any atom is 0.135 e. The Bertz CT molecular complexity index is 503. The predicted octanol–water partition coefficient (Wildman–Crippen LogP) is 3.32. The third-order valence-corrected chi connectivity index (χ3v) is 4.31. The van der Waals surface area contributed by atoms with Gasteiger partial charge in [-0.05, 0) is 34.1 Å². The summed E-state index contributed by atoms with van der Waals surface area (Å²) < 4.78 is 5.71. The van der Waals surface area contributed by atoms with Gasteiger partial charge in [0.2, 0.25) is 0 Å². The Hall–Kier alpha value is -1.36. The number of nitrogens with zero attached hydrogens (tertiary/aromatic N) is 2. The summed E-state index contributed by atoms with van der Waals surface area (Å²) in [5.74, 6) is 3.02. The van der Waals surface area contributed by atoms with E-state index >= 15 is 0 Å². The van der Waals surface area contributed by atoms with E-state index in [4.69, 9.17) is 9.72 Å². The summed E-state index contributed by atoms with van der Waals surface area (Å²) in [7, 11) is 0. The molecule has 0 aliphatic carbocycles. The summed E-state index contributed by atoms with van der Waals surface area (Å²) in [6, 6.07) is 0. The molecule has 118 valence electrons. The summed E-state index contributed by atoms with van der Waals surface area (Å²) >= 11 is 0. The van der Waals surface area contributed by atoms with E-state index in [1.807, 2.05) is 0 Å². The molecule has 1 aliphatic heterocycles. The topological polar surface area (TPSA) is 59.1 Å². The van der Waals surface area contributed by atoms with Crippen molar-refractivity contribution in [1.82, 2.24) is 9.97 Å². The SMILES string of the molecule is CCNc1nc(C(C)C)nc(NC2(C)CCOC2C)c1C. The molecule has 1 aliphatic rings. The molecule has 0 spiro atoms. The van der Waals surface area contributed by atoms with Crippen LogP contribution in [0.2, 0.25) is 0 Å². The molecule has 1 fully saturated rings. The zero-order valence-corrected chi connectivity index (χ0v) is 14.1. The normalized spacial score (nSPS) is 25.4. The number of anilines is 2. The van der Waals surface area contributed by atoms with Crippen molar-refractivity contribution in [3.05, 3.63) is 11.4 Å². The minimum absolute atomic E-state index is 0.0726. The molecular weight excluding hydrogens is 264 g/mol. The van der Waals surface area contributed by atoms with Crippen molar-refractivity contribution < 1.29 is 4.74 Å². The average Bonchev–Trinajstić information content (AvgIpc) is 2.74. The van der Waals surface area contributed by atoms with Gasteiger partial charge in [-0.2, -0.15) is 0 Å². The molecule has 0 bridgehead atoms. The van der Waals surface area contributed by atoms with E-state index in [0.717, 1.165) is 42.6 Å². The van der Waals surface area contributed by atoms with Crippen LogP contribution in [0, 0.1) is 6.92 Å². The molecular formula is C16H28N4O. The van der Waals surface area contributed by atoms with Gasteiger partial charge in [-0.3, -0.25) is 0 Å². The number of nitrogens with one attached hydrogen (secondary N) is 2. The van der Waals surface area contributed by atoms with Crippen LogP contribution < -0.4 is 10.6 Å². The standard InChI is InChI=1S/C16H28N4O/c1-7-17-14-11(4)15(19-13(18-14)10(2)3)20-16(6)8-9-21-12(16)5/h10,12H,7-9H2,1-6H3,(H2,17,18,19,20). The number of ether oxygens (including phenoxy) is 1. The van der Waals surface area contributed by atoms with Gasteiger partial charge in [0, 0.05) is 24.6 Å². The van der Waals surface area contributed by atoms with Gasteiger partial charge in [0.05, 0.1) is 11.6 Å². The third-order valence-electron chi connectivity index (χ3n) is 4.31. The number of hydrogen-bond acceptors (Lipinski definition) is 5. The zero-order chi connectivity index (χ0) is 15.6. The van der Waals surface area contributed by atoms with Crippen LogP contribution in [0.3, 0.4) is 0 Å². The van der Waals surface area contributed by atoms with Crippen LogP contribution in [0.5, 0.6) is 0 Å². The minimum Gasteiger partial charge on any atom is -0.376 e. The zero-order valence-electron chi connectivity index (χ0n) is 14.1. The van der Waals surface area contributed by atoms with E-state index < -0.39 is 0 Å². The van der Waals surface area contributed by atoms with Crippen LogP contribution in [0.4, 0.5) is 11.6 Å². The van der Waals surface area contributed by atoms with Crippen molar-refractivity contribution in [1.29, 1.82) is 0 Å². The van der Waals surface area contributed by atoms with Gasteiger partial charge in [0.25, 0.3) is 0 Å². The lowest BCUT2D eigenvalue weighted by molar-refractivity contribution is 0.105. The lowest BCUT2D eigenvalue weighted by atomic mass is 9.94. The van der Waals surface area contributed by atoms with Gasteiger partial charge in [0.15, 0.2) is 0 Å². The molecule has 0 saturated carbocycles. The lowest BCUT2D eigenvalue weighted by Gasteiger charge is -2.30. The van der Waals surface area contributed by atoms with Crippen LogP contribution in [-0.4, -0.2) is 34.8 Å². The summed E-state index contributed by atoms with van der Waals surface area (Å²) in [4.78, 5) is 9.39. The van der Waals surface area contributed by atoms with Crippen LogP contribution in [0.15, 0.2) is 0 Å². The molecule has 5 heteroatoms. The van der Waals surface area contributed by atoms with Crippen molar-refractivity contribution in [3.63, 3.8) is 0 Å². The van der Waals surface area contributed by atoms with Gasteiger partial charge in [0.1, 0.15) is 17.5 Å². The van der Waals surface area contributed by atoms with Crippen molar-refractivity contribution in [2.45, 2.75) is 65.5 Å². The van der Waals surface area contributed by atoms with E-state index in [0.29, 0.717) is 5.92 Å². The molecule has 2 heterocycles. The minimum atomic E-state index is -0.0726. The molecule has 0 aromatic carbocycles. The van der Waals surface area contributed by atoms with Crippen molar-refractivity contribution >= 4 is 11.6 Å². The van der Waals surface area contributed by atoms with E-state index in [1.54, 1.807) is 0 Å². The number of rotatable bonds is 5. The second-order valence-electron chi connectivity index (χ2n) is 6.39. The highest BCUT2D eigenvalue weighted by atomic mass is 16.5. The van der Waals surface area contributed by atoms with E-state index in [-0.39, 0.29) is 11.6 Å². The second kappa shape index (κ2) is 6.18. The van der Waals surface area contributed by atoms with Crippen LogP contribution in [0.1, 0.15) is 58.3 Å². The molecule has 2 atom stereocenters. The first-order valence-electron chi connectivity index (χ1n) is 7.89. The first kappa shape index (κ1) is 16.0. The van der Waals surface area contributed by atoms with Gasteiger partial charge in [-0.15, -0.1) is 0 Å². The summed E-state index contributed by atoms with van der Waals surface area (Å²) in [6.07, 6.45) is 1.17. The fourth-order valence-corrected chi connectivity index (χ4v) is 2.52. The third kappa shape index (κ3) is 3.28. The fraction of sp³-hybridized carbons (Fsp3) is 0.750. The molecule has 2 rings (SSSR count). The summed E-state index contributed by atoms with van der Waals surface area (Å²) in [5.41, 5.74) is 0.998. The molecule has 0 amide bonds. The van der Waals surface area contributed by atoms with Gasteiger partial charge < -0.3 is 15.4 Å². The van der Waals surface area contributed by atoms with Crippen LogP contribution in [0.25, 0.3) is 0 Å². The highest BCUT2D eigenvalue weighted by Gasteiger charge is 2.37. The Kier molecular flexibility index (Phi) is 4.71. The monoisotopic (exact) mass is 292 g/mol. The second-order valence-corrected chi connectivity index (χ2v) is 6.39. The molecule has 2 N–H and O–H groups in total. The molecule has 21 heavy (non-hydrogen) atoms. The number of aromatic nitrogens is 2. The van der Waals surface area contributed by atoms with Crippen molar-refractivity contribution in [3.8, 4) is 0 Å². The number of hydrogen-bond donors (Lipinski definition) is 2. The highest BCUT2D eigenvalue weighted by Crippen LogP contribution is 2.32. The molecule has 5 nitrogen and oxygen atoms in total. The molecule has 1 aromatic heterocycles. The van der Waals surface area contributed by atoms with Crippen LogP contribution in [-0.2, 0) is 4.74 Å². The van der Waals surface area contributed by atoms with Crippen LogP contribution >= 0.6 is 0 Å². The molecule has 1 saturated heterocycles. The first-order chi connectivity index (χ1) is 9.87. The van der Waals surface area contributed by atoms with E-state index in [9.17, 15) is 0 Å². The lowest BCUT2D eigenvalue weighted by Crippen LogP contribution is -2.41. The van der Waals surface area contributed by atoms with Crippen molar-refractivity contribution in [2.24, 2.45) is 0 Å². The van der Waals surface area contributed by atoms with E-state index in [1.165, 1.54) is 0 Å². The molecule has 1 aromatic rings. The maximum absolute atomic E-state index is 5.71. The fourth-order valence-electron chi connectivity index (χ4n) is 2.52. The summed E-state index contributed by atoms with van der Waals surface area (Å²) in [5, 5.41) is 6.95. The Balaban J connectivity index is 2.37. The Labute approximate surface area is 127 Å². The Morgan fingerprint density at radius 2 is 2.00 bits per heavy atom. The molecule has 2 unspecified atom stereocenters. The van der Waals surface area contributed by atoms with Gasteiger partial charge in [-0.1, -0.05) is 13.8 Å². The average molecular weight is 292 g/mol. The molecule has 0 radical (unpaired) electrons. The van der Waals surface area contributed by atoms with E-state index in [2.05, 4.69) is 57.2 Å². The largest absolute Gasteiger partial charge is 0.376 e. The Morgan fingerprint density at radius 1 is 1.33 bits per heavy atom.